The van der Waals surface area contributed by atoms with E-state index in [1.54, 1.807) is 38.2 Å². The van der Waals surface area contributed by atoms with E-state index >= 15 is 0 Å². The van der Waals surface area contributed by atoms with Gasteiger partial charge in [-0.1, -0.05) is 12.1 Å². The molecular weight excluding hydrogens is 242 g/mol. The van der Waals surface area contributed by atoms with Gasteiger partial charge >= 0.3 is 0 Å². The molecule has 0 saturated carbocycles. The first-order chi connectivity index (χ1) is 9.00. The highest BCUT2D eigenvalue weighted by atomic mass is 16.2. The van der Waals surface area contributed by atoms with Gasteiger partial charge in [0.05, 0.1) is 11.4 Å². The molecule has 0 unspecified atom stereocenters. The van der Waals surface area contributed by atoms with E-state index in [9.17, 15) is 9.59 Å². The van der Waals surface area contributed by atoms with Crippen LogP contribution in [0.5, 0.6) is 0 Å². The molecule has 0 radical (unpaired) electrons. The third-order valence-electron chi connectivity index (χ3n) is 2.89. The lowest BCUT2D eigenvalue weighted by Crippen LogP contribution is -2.31. The molecule has 1 amide bonds. The van der Waals surface area contributed by atoms with Crippen molar-refractivity contribution in [3.05, 3.63) is 58.0 Å². The van der Waals surface area contributed by atoms with Crippen LogP contribution in [-0.2, 0) is 0 Å². The molecule has 0 aliphatic carbocycles. The van der Waals surface area contributed by atoms with E-state index in [-0.39, 0.29) is 16.9 Å². The number of anilines is 2. The van der Waals surface area contributed by atoms with Gasteiger partial charge < -0.3 is 15.6 Å². The average molecular weight is 257 g/mol. The zero-order valence-corrected chi connectivity index (χ0v) is 10.8. The van der Waals surface area contributed by atoms with Gasteiger partial charge in [0, 0.05) is 25.0 Å². The number of aromatic nitrogens is 1. The molecule has 0 atom stereocenters. The second-order valence-corrected chi connectivity index (χ2v) is 4.32. The fourth-order valence-corrected chi connectivity index (χ4v) is 1.82. The highest BCUT2D eigenvalue weighted by Crippen LogP contribution is 2.22. The molecule has 2 aromatic rings. The van der Waals surface area contributed by atoms with Crippen molar-refractivity contribution in [3.8, 4) is 0 Å². The van der Waals surface area contributed by atoms with Crippen LogP contribution in [0, 0.1) is 6.92 Å². The lowest BCUT2D eigenvalue weighted by atomic mass is 10.2. The highest BCUT2D eigenvalue weighted by Gasteiger charge is 2.18. The maximum absolute atomic E-state index is 12.3. The Bertz CT molecular complexity index is 676. The second kappa shape index (κ2) is 4.97. The predicted molar refractivity (Wildman–Crippen MR) is 75.4 cm³/mol. The first-order valence-corrected chi connectivity index (χ1v) is 5.82. The Labute approximate surface area is 110 Å². The zero-order chi connectivity index (χ0) is 14.0. The van der Waals surface area contributed by atoms with E-state index in [0.29, 0.717) is 17.1 Å². The van der Waals surface area contributed by atoms with Crippen LogP contribution in [0.2, 0.25) is 0 Å². The van der Waals surface area contributed by atoms with Crippen LogP contribution in [0.15, 0.2) is 41.3 Å². The Morgan fingerprint density at radius 3 is 2.63 bits per heavy atom. The Balaban J connectivity index is 2.40. The van der Waals surface area contributed by atoms with Gasteiger partial charge in [-0.3, -0.25) is 9.59 Å². The van der Waals surface area contributed by atoms with Crippen molar-refractivity contribution < 1.29 is 4.79 Å². The average Bonchev–Trinajstić information content (AvgIpc) is 2.38. The zero-order valence-electron chi connectivity index (χ0n) is 10.8. The van der Waals surface area contributed by atoms with Crippen LogP contribution >= 0.6 is 0 Å². The topological polar surface area (TPSA) is 79.2 Å². The summed E-state index contributed by atoms with van der Waals surface area (Å²) in [6, 6.07) is 8.41. The number of aromatic amines is 1. The predicted octanol–water partition coefficient (Wildman–Crippen LogP) is 1.54. The molecule has 0 spiro atoms. The maximum atomic E-state index is 12.3. The summed E-state index contributed by atoms with van der Waals surface area (Å²) in [5, 5.41) is 0. The van der Waals surface area contributed by atoms with Crippen LogP contribution in [-0.4, -0.2) is 17.9 Å². The lowest BCUT2D eigenvalue weighted by Gasteiger charge is -2.18. The van der Waals surface area contributed by atoms with Crippen molar-refractivity contribution in [3.63, 3.8) is 0 Å². The van der Waals surface area contributed by atoms with Gasteiger partial charge in [0.25, 0.3) is 5.91 Å². The summed E-state index contributed by atoms with van der Waals surface area (Å²) < 4.78 is 0. The van der Waals surface area contributed by atoms with Gasteiger partial charge in [0.1, 0.15) is 5.56 Å². The number of nitrogens with zero attached hydrogens (tertiary/aromatic N) is 1. The van der Waals surface area contributed by atoms with Gasteiger partial charge in [-0.05, 0) is 19.1 Å². The van der Waals surface area contributed by atoms with E-state index in [0.717, 1.165) is 0 Å². The molecule has 2 rings (SSSR count). The summed E-state index contributed by atoms with van der Waals surface area (Å²) >= 11 is 0. The van der Waals surface area contributed by atoms with E-state index in [1.165, 1.54) is 17.2 Å². The number of para-hydroxylation sites is 2. The molecule has 0 saturated heterocycles. The minimum absolute atomic E-state index is 0.0938. The van der Waals surface area contributed by atoms with E-state index in [1.807, 2.05) is 0 Å². The van der Waals surface area contributed by atoms with Gasteiger partial charge in [-0.2, -0.15) is 0 Å². The van der Waals surface area contributed by atoms with Gasteiger partial charge in [-0.25, -0.2) is 0 Å². The molecule has 0 aliphatic heterocycles. The van der Waals surface area contributed by atoms with Crippen molar-refractivity contribution in [2.45, 2.75) is 6.92 Å². The number of carbonyl (C=O) groups is 1. The Morgan fingerprint density at radius 2 is 2.00 bits per heavy atom. The molecule has 5 heteroatoms. The van der Waals surface area contributed by atoms with Gasteiger partial charge in [0.2, 0.25) is 0 Å². The molecule has 98 valence electrons. The number of amides is 1. The van der Waals surface area contributed by atoms with E-state index in [2.05, 4.69) is 4.98 Å². The molecule has 19 heavy (non-hydrogen) atoms. The summed E-state index contributed by atoms with van der Waals surface area (Å²) in [6.45, 7) is 1.76. The molecule has 1 aromatic carbocycles. The molecule has 0 bridgehead atoms. The minimum atomic E-state index is -0.390. The molecule has 3 N–H and O–H groups in total. The number of benzene rings is 1. The number of rotatable bonds is 2. The van der Waals surface area contributed by atoms with Crippen LogP contribution in [0.4, 0.5) is 11.4 Å². The Hall–Kier alpha value is -2.56. The number of nitrogens with one attached hydrogen (secondary N) is 1. The van der Waals surface area contributed by atoms with E-state index in [4.69, 9.17) is 5.73 Å². The smallest absolute Gasteiger partial charge is 0.263 e. The fraction of sp³-hybridized carbons (Fsp3) is 0.143. The van der Waals surface area contributed by atoms with Gasteiger partial charge in [-0.15, -0.1) is 0 Å². The number of hydrogen-bond acceptors (Lipinski definition) is 3. The number of pyridine rings is 1. The maximum Gasteiger partial charge on any atom is 0.263 e. The number of hydrogen-bond donors (Lipinski definition) is 2. The van der Waals surface area contributed by atoms with Crippen molar-refractivity contribution in [2.24, 2.45) is 0 Å². The summed E-state index contributed by atoms with van der Waals surface area (Å²) in [5.41, 5.74) is 7.39. The number of aryl methyl sites for hydroxylation is 1. The quantitative estimate of drug-likeness (QED) is 0.801. The number of carbonyl (C=O) groups excluding carboxylic acids is 1. The SMILES string of the molecule is Cc1cc(=O)c(C(=O)N(C)c2ccccc2N)c[nH]1. The molecule has 1 aromatic heterocycles. The van der Waals surface area contributed by atoms with E-state index < -0.39 is 0 Å². The van der Waals surface area contributed by atoms with Crippen LogP contribution in [0.25, 0.3) is 0 Å². The third-order valence-corrected chi connectivity index (χ3v) is 2.89. The van der Waals surface area contributed by atoms with Crippen LogP contribution in [0.3, 0.4) is 0 Å². The standard InChI is InChI=1S/C14H15N3O2/c1-9-7-13(18)10(8-16-9)14(19)17(2)12-6-4-3-5-11(12)15/h3-8H,15H2,1-2H3,(H,16,18). The first-order valence-electron chi connectivity index (χ1n) is 5.82. The summed E-state index contributed by atoms with van der Waals surface area (Å²) in [5.74, 6) is -0.390. The second-order valence-electron chi connectivity index (χ2n) is 4.32. The fourth-order valence-electron chi connectivity index (χ4n) is 1.82. The largest absolute Gasteiger partial charge is 0.397 e. The Morgan fingerprint density at radius 1 is 1.32 bits per heavy atom. The highest BCUT2D eigenvalue weighted by molar-refractivity contribution is 6.06. The monoisotopic (exact) mass is 257 g/mol. The van der Waals surface area contributed by atoms with Crippen LogP contribution in [0.1, 0.15) is 16.1 Å². The normalized spacial score (nSPS) is 10.2. The van der Waals surface area contributed by atoms with Gasteiger partial charge in [0.15, 0.2) is 5.43 Å². The summed E-state index contributed by atoms with van der Waals surface area (Å²) in [7, 11) is 1.59. The van der Waals surface area contributed by atoms with Crippen LogP contribution < -0.4 is 16.1 Å². The third kappa shape index (κ3) is 2.49. The molecular formula is C14H15N3O2. The van der Waals surface area contributed by atoms with Crippen molar-refractivity contribution in [2.75, 3.05) is 17.7 Å². The first kappa shape index (κ1) is 12.9. The molecule has 5 nitrogen and oxygen atoms in total. The summed E-state index contributed by atoms with van der Waals surface area (Å²) in [6.07, 6.45) is 1.43. The number of nitrogens with two attached hydrogens (primary N) is 1. The molecule has 1 heterocycles. The molecule has 0 fully saturated rings. The Kier molecular flexibility index (Phi) is 3.37. The molecule has 0 aliphatic rings. The lowest BCUT2D eigenvalue weighted by molar-refractivity contribution is 0.0991. The van der Waals surface area contributed by atoms with Crippen molar-refractivity contribution >= 4 is 17.3 Å². The minimum Gasteiger partial charge on any atom is -0.397 e. The number of nitrogen functional groups attached to an aromatic ring is 1. The van der Waals surface area contributed by atoms with Crippen molar-refractivity contribution in [1.82, 2.24) is 4.98 Å². The summed E-state index contributed by atoms with van der Waals surface area (Å²) in [4.78, 5) is 28.3. The van der Waals surface area contributed by atoms with Crippen molar-refractivity contribution in [1.29, 1.82) is 0 Å². The number of H-pyrrole nitrogens is 1.